The second-order valence-electron chi connectivity index (χ2n) is 4.97. The molecule has 0 aromatic carbocycles. The highest BCUT2D eigenvalue weighted by Gasteiger charge is 2.18. The van der Waals surface area contributed by atoms with Gasteiger partial charge in [-0.05, 0) is 44.2 Å². The van der Waals surface area contributed by atoms with Gasteiger partial charge in [0, 0.05) is 22.8 Å². The van der Waals surface area contributed by atoms with Crippen molar-refractivity contribution in [2.24, 2.45) is 0 Å². The number of aryl methyl sites for hydroxylation is 2. The highest BCUT2D eigenvalue weighted by atomic mass is 32.1. The van der Waals surface area contributed by atoms with Crippen LogP contribution in [0.15, 0.2) is 6.07 Å². The van der Waals surface area contributed by atoms with Gasteiger partial charge in [-0.2, -0.15) is 0 Å². The monoisotopic (exact) mass is 239 g/mol. The highest BCUT2D eigenvalue weighted by molar-refractivity contribution is 7.12. The van der Waals surface area contributed by atoms with Gasteiger partial charge in [0.15, 0.2) is 0 Å². The zero-order chi connectivity index (χ0) is 11.6. The molecular formula is C13H21NOS. The van der Waals surface area contributed by atoms with E-state index in [1.54, 1.807) is 10.4 Å². The molecule has 2 N–H and O–H groups in total. The van der Waals surface area contributed by atoms with Crippen LogP contribution >= 0.6 is 11.3 Å². The Morgan fingerprint density at radius 2 is 2.31 bits per heavy atom. The number of hydrogen-bond acceptors (Lipinski definition) is 3. The van der Waals surface area contributed by atoms with Crippen molar-refractivity contribution in [2.75, 3.05) is 6.54 Å². The number of thiophene rings is 1. The predicted octanol–water partition coefficient (Wildman–Crippen LogP) is 2.49. The van der Waals surface area contributed by atoms with E-state index in [9.17, 15) is 5.11 Å². The Kier molecular flexibility index (Phi) is 3.67. The van der Waals surface area contributed by atoms with Gasteiger partial charge in [0.05, 0.1) is 5.60 Å². The van der Waals surface area contributed by atoms with Gasteiger partial charge < -0.3 is 10.4 Å². The molecule has 0 aliphatic heterocycles. The van der Waals surface area contributed by atoms with Crippen LogP contribution in [0.25, 0.3) is 0 Å². The minimum Gasteiger partial charge on any atom is -0.389 e. The SMILES string of the molecule is CCC(C)(O)CNCc1cc2c(s1)CCC2. The third-order valence-corrected chi connectivity index (χ3v) is 4.60. The molecule has 2 nitrogen and oxygen atoms in total. The first-order chi connectivity index (χ1) is 7.61. The molecule has 0 bridgehead atoms. The molecule has 0 saturated carbocycles. The molecule has 16 heavy (non-hydrogen) atoms. The second-order valence-corrected chi connectivity index (χ2v) is 6.19. The molecule has 1 aliphatic carbocycles. The normalized spacial score (nSPS) is 18.4. The molecule has 0 spiro atoms. The average molecular weight is 239 g/mol. The minimum atomic E-state index is -0.569. The topological polar surface area (TPSA) is 32.3 Å². The van der Waals surface area contributed by atoms with Crippen molar-refractivity contribution in [3.05, 3.63) is 21.4 Å². The zero-order valence-corrected chi connectivity index (χ0v) is 11.0. The van der Waals surface area contributed by atoms with Gasteiger partial charge in [0.1, 0.15) is 0 Å². The van der Waals surface area contributed by atoms with Crippen LogP contribution in [0.1, 0.15) is 42.0 Å². The van der Waals surface area contributed by atoms with E-state index in [0.717, 1.165) is 13.0 Å². The molecule has 3 heteroatoms. The maximum Gasteiger partial charge on any atom is 0.0741 e. The number of hydrogen-bond donors (Lipinski definition) is 2. The van der Waals surface area contributed by atoms with Gasteiger partial charge in [-0.25, -0.2) is 0 Å². The third kappa shape index (κ3) is 2.84. The van der Waals surface area contributed by atoms with Crippen molar-refractivity contribution < 1.29 is 5.11 Å². The van der Waals surface area contributed by atoms with Crippen molar-refractivity contribution in [1.29, 1.82) is 0 Å². The fourth-order valence-corrected chi connectivity index (χ4v) is 3.29. The summed E-state index contributed by atoms with van der Waals surface area (Å²) in [6.45, 7) is 5.47. The Morgan fingerprint density at radius 3 is 3.00 bits per heavy atom. The Balaban J connectivity index is 1.82. The molecule has 1 heterocycles. The number of rotatable bonds is 5. The summed E-state index contributed by atoms with van der Waals surface area (Å²) in [7, 11) is 0. The van der Waals surface area contributed by atoms with Crippen molar-refractivity contribution in [2.45, 2.75) is 51.7 Å². The van der Waals surface area contributed by atoms with Gasteiger partial charge in [0.25, 0.3) is 0 Å². The van der Waals surface area contributed by atoms with Crippen LogP contribution in [0, 0.1) is 0 Å². The summed E-state index contributed by atoms with van der Waals surface area (Å²) in [5, 5.41) is 13.2. The van der Waals surface area contributed by atoms with Crippen LogP contribution in [0.2, 0.25) is 0 Å². The number of fused-ring (bicyclic) bond motifs is 1. The Hall–Kier alpha value is -0.380. The average Bonchev–Trinajstić information content (AvgIpc) is 2.77. The molecule has 0 amide bonds. The van der Waals surface area contributed by atoms with Crippen LogP contribution in [-0.4, -0.2) is 17.3 Å². The molecule has 1 unspecified atom stereocenters. The molecule has 1 aliphatic rings. The van der Waals surface area contributed by atoms with E-state index in [-0.39, 0.29) is 0 Å². The molecule has 2 rings (SSSR count). The molecule has 90 valence electrons. The molecule has 0 saturated heterocycles. The van der Waals surface area contributed by atoms with Gasteiger partial charge >= 0.3 is 0 Å². The standard InChI is InChI=1S/C13H21NOS/c1-3-13(2,15)9-14-8-11-7-10-5-4-6-12(10)16-11/h7,14-15H,3-6,8-9H2,1-2H3. The molecule has 1 aromatic heterocycles. The van der Waals surface area contributed by atoms with Crippen LogP contribution in [0.5, 0.6) is 0 Å². The fourth-order valence-electron chi connectivity index (χ4n) is 2.06. The summed E-state index contributed by atoms with van der Waals surface area (Å²) in [6.07, 6.45) is 4.66. The van der Waals surface area contributed by atoms with Crippen LogP contribution in [-0.2, 0) is 19.4 Å². The zero-order valence-electron chi connectivity index (χ0n) is 10.2. The van der Waals surface area contributed by atoms with Crippen molar-refractivity contribution in [3.63, 3.8) is 0 Å². The summed E-state index contributed by atoms with van der Waals surface area (Å²) in [4.78, 5) is 3.00. The first-order valence-corrected chi connectivity index (χ1v) is 6.96. The lowest BCUT2D eigenvalue weighted by atomic mass is 10.0. The third-order valence-electron chi connectivity index (χ3n) is 3.36. The molecule has 1 atom stereocenters. The van der Waals surface area contributed by atoms with Crippen molar-refractivity contribution in [3.8, 4) is 0 Å². The van der Waals surface area contributed by atoms with Crippen LogP contribution < -0.4 is 5.32 Å². The Morgan fingerprint density at radius 1 is 1.50 bits per heavy atom. The summed E-state index contributed by atoms with van der Waals surface area (Å²) < 4.78 is 0. The summed E-state index contributed by atoms with van der Waals surface area (Å²) in [6, 6.07) is 2.33. The lowest BCUT2D eigenvalue weighted by Crippen LogP contribution is -2.36. The maximum atomic E-state index is 9.86. The van der Waals surface area contributed by atoms with E-state index in [4.69, 9.17) is 0 Å². The smallest absolute Gasteiger partial charge is 0.0741 e. The summed E-state index contributed by atoms with van der Waals surface area (Å²) in [5.41, 5.74) is 0.990. The first-order valence-electron chi connectivity index (χ1n) is 6.14. The van der Waals surface area contributed by atoms with E-state index >= 15 is 0 Å². The van der Waals surface area contributed by atoms with Crippen LogP contribution in [0.4, 0.5) is 0 Å². The van der Waals surface area contributed by atoms with Crippen LogP contribution in [0.3, 0.4) is 0 Å². The number of aliphatic hydroxyl groups is 1. The quantitative estimate of drug-likeness (QED) is 0.827. The summed E-state index contributed by atoms with van der Waals surface area (Å²) >= 11 is 1.94. The summed E-state index contributed by atoms with van der Waals surface area (Å²) in [5.74, 6) is 0. The Labute approximate surface area is 102 Å². The van der Waals surface area contributed by atoms with Gasteiger partial charge in [-0.15, -0.1) is 11.3 Å². The minimum absolute atomic E-state index is 0.569. The fraction of sp³-hybridized carbons (Fsp3) is 0.692. The molecule has 1 aromatic rings. The van der Waals surface area contributed by atoms with Gasteiger partial charge in [-0.3, -0.25) is 0 Å². The second kappa shape index (κ2) is 4.86. The van der Waals surface area contributed by atoms with Crippen molar-refractivity contribution >= 4 is 11.3 Å². The molecular weight excluding hydrogens is 218 g/mol. The van der Waals surface area contributed by atoms with Gasteiger partial charge in [-0.1, -0.05) is 6.92 Å². The first kappa shape index (κ1) is 12.1. The predicted molar refractivity (Wildman–Crippen MR) is 69.0 cm³/mol. The van der Waals surface area contributed by atoms with Gasteiger partial charge in [0.2, 0.25) is 0 Å². The maximum absolute atomic E-state index is 9.86. The number of nitrogens with one attached hydrogen (secondary N) is 1. The van der Waals surface area contributed by atoms with E-state index in [0.29, 0.717) is 6.54 Å². The molecule has 0 fully saturated rings. The van der Waals surface area contributed by atoms with E-state index < -0.39 is 5.60 Å². The van der Waals surface area contributed by atoms with E-state index in [2.05, 4.69) is 11.4 Å². The van der Waals surface area contributed by atoms with E-state index in [1.807, 2.05) is 25.2 Å². The lowest BCUT2D eigenvalue weighted by molar-refractivity contribution is 0.0556. The van der Waals surface area contributed by atoms with E-state index in [1.165, 1.54) is 24.1 Å². The lowest BCUT2D eigenvalue weighted by Gasteiger charge is -2.21. The van der Waals surface area contributed by atoms with Crippen molar-refractivity contribution in [1.82, 2.24) is 5.32 Å². The largest absolute Gasteiger partial charge is 0.389 e. The highest BCUT2D eigenvalue weighted by Crippen LogP contribution is 2.30. The Bertz CT molecular complexity index is 335. The molecule has 0 radical (unpaired) electrons.